The van der Waals surface area contributed by atoms with E-state index in [-0.39, 0.29) is 5.82 Å². The molecule has 0 bridgehead atoms. The summed E-state index contributed by atoms with van der Waals surface area (Å²) < 4.78 is 13.3. The monoisotopic (exact) mass is 374 g/mol. The third-order valence-corrected chi connectivity index (χ3v) is 5.71. The van der Waals surface area contributed by atoms with Crippen molar-refractivity contribution in [2.24, 2.45) is 0 Å². The van der Waals surface area contributed by atoms with E-state index in [9.17, 15) is 4.39 Å². The Kier molecular flexibility index (Phi) is 6.13. The van der Waals surface area contributed by atoms with Crippen molar-refractivity contribution in [2.45, 2.75) is 31.6 Å². The van der Waals surface area contributed by atoms with Crippen LogP contribution in [0.4, 0.5) is 4.39 Å². The van der Waals surface area contributed by atoms with Crippen molar-refractivity contribution in [3.8, 4) is 0 Å². The summed E-state index contributed by atoms with van der Waals surface area (Å²) in [7, 11) is 0. The molecule has 0 saturated carbocycles. The lowest BCUT2D eigenvalue weighted by molar-refractivity contribution is 0.213. The van der Waals surface area contributed by atoms with Crippen molar-refractivity contribution in [2.75, 3.05) is 19.6 Å². The molecule has 28 heavy (non-hydrogen) atoms. The molecule has 144 valence electrons. The van der Waals surface area contributed by atoms with Gasteiger partial charge in [-0.2, -0.15) is 0 Å². The minimum absolute atomic E-state index is 0.180. The van der Waals surface area contributed by atoms with Crippen LogP contribution in [-0.2, 0) is 12.8 Å². The van der Waals surface area contributed by atoms with E-state index < -0.39 is 0 Å². The van der Waals surface area contributed by atoms with Crippen LogP contribution in [0.2, 0.25) is 0 Å². The zero-order chi connectivity index (χ0) is 19.2. The number of halogens is 1. The molecule has 1 saturated heterocycles. The van der Waals surface area contributed by atoms with Gasteiger partial charge < -0.3 is 4.90 Å². The summed E-state index contributed by atoms with van der Waals surface area (Å²) in [6.45, 7) is 3.42. The highest BCUT2D eigenvalue weighted by Crippen LogP contribution is 2.27. The number of piperidine rings is 1. The second kappa shape index (κ2) is 9.11. The van der Waals surface area contributed by atoms with Crippen LogP contribution in [0.5, 0.6) is 0 Å². The molecule has 3 heteroatoms. The lowest BCUT2D eigenvalue weighted by atomic mass is 9.92. The predicted octanol–water partition coefficient (Wildman–Crippen LogP) is 5.23. The summed E-state index contributed by atoms with van der Waals surface area (Å²) in [6.07, 6.45) is 6.15. The van der Waals surface area contributed by atoms with Gasteiger partial charge >= 0.3 is 0 Å². The highest BCUT2D eigenvalue weighted by Gasteiger charge is 2.21. The summed E-state index contributed by atoms with van der Waals surface area (Å²) in [5, 5.41) is 0. The smallest absolute Gasteiger partial charge is 0.123 e. The fourth-order valence-electron chi connectivity index (χ4n) is 4.05. The van der Waals surface area contributed by atoms with E-state index in [1.807, 2.05) is 12.3 Å². The van der Waals surface area contributed by atoms with E-state index in [0.29, 0.717) is 5.92 Å². The van der Waals surface area contributed by atoms with Gasteiger partial charge in [-0.25, -0.2) is 4.39 Å². The molecule has 0 N–H and O–H groups in total. The van der Waals surface area contributed by atoms with Crippen molar-refractivity contribution >= 4 is 0 Å². The normalized spacial score (nSPS) is 15.6. The first-order valence-corrected chi connectivity index (χ1v) is 10.2. The van der Waals surface area contributed by atoms with Crippen LogP contribution in [0, 0.1) is 5.82 Å². The number of aromatic nitrogens is 1. The number of hydrogen-bond donors (Lipinski definition) is 0. The standard InChI is InChI=1S/C25H27FN2/c26-24-8-4-7-21(18-24)17-22-9-10-25(27-19-22)23-12-15-28(16-13-23)14-11-20-5-2-1-3-6-20/h1-10,18-19,23H,11-17H2. The van der Waals surface area contributed by atoms with Crippen molar-refractivity contribution in [1.82, 2.24) is 9.88 Å². The maximum Gasteiger partial charge on any atom is 0.123 e. The third kappa shape index (κ3) is 5.05. The van der Waals surface area contributed by atoms with Crippen LogP contribution >= 0.6 is 0 Å². The molecular formula is C25H27FN2. The van der Waals surface area contributed by atoms with Crippen LogP contribution in [-0.4, -0.2) is 29.5 Å². The molecule has 3 aromatic rings. The molecule has 0 unspecified atom stereocenters. The van der Waals surface area contributed by atoms with E-state index in [2.05, 4.69) is 47.4 Å². The fourth-order valence-corrected chi connectivity index (χ4v) is 4.05. The van der Waals surface area contributed by atoms with Gasteiger partial charge in [0.15, 0.2) is 0 Å². The maximum absolute atomic E-state index is 13.3. The molecule has 2 nitrogen and oxygen atoms in total. The molecule has 0 aliphatic carbocycles. The van der Waals surface area contributed by atoms with E-state index in [0.717, 1.165) is 43.6 Å². The molecule has 0 spiro atoms. The summed E-state index contributed by atoms with van der Waals surface area (Å²) in [6, 6.07) is 21.8. The van der Waals surface area contributed by atoms with Gasteiger partial charge in [-0.3, -0.25) is 4.98 Å². The Hall–Kier alpha value is -2.52. The van der Waals surface area contributed by atoms with Crippen LogP contribution in [0.1, 0.15) is 41.1 Å². The lowest BCUT2D eigenvalue weighted by Crippen LogP contribution is -2.34. The van der Waals surface area contributed by atoms with Crippen LogP contribution in [0.3, 0.4) is 0 Å². The Morgan fingerprint density at radius 3 is 2.36 bits per heavy atom. The number of benzene rings is 2. The lowest BCUT2D eigenvalue weighted by Gasteiger charge is -2.31. The van der Waals surface area contributed by atoms with Crippen LogP contribution in [0.15, 0.2) is 72.9 Å². The number of rotatable bonds is 6. The molecule has 0 atom stereocenters. The molecule has 0 amide bonds. The first kappa shape index (κ1) is 18.8. The van der Waals surface area contributed by atoms with Gasteiger partial charge in [-0.05, 0) is 73.7 Å². The Bertz CT molecular complexity index is 869. The molecule has 1 aromatic heterocycles. The van der Waals surface area contributed by atoms with Crippen LogP contribution < -0.4 is 0 Å². The molecule has 1 fully saturated rings. The van der Waals surface area contributed by atoms with Crippen molar-refractivity contribution in [1.29, 1.82) is 0 Å². The molecule has 0 radical (unpaired) electrons. The van der Waals surface area contributed by atoms with E-state index in [4.69, 9.17) is 4.98 Å². The first-order valence-electron chi connectivity index (χ1n) is 10.2. The van der Waals surface area contributed by atoms with Crippen LogP contribution in [0.25, 0.3) is 0 Å². The quantitative estimate of drug-likeness (QED) is 0.587. The molecule has 1 aliphatic rings. The summed E-state index contributed by atoms with van der Waals surface area (Å²) in [5.74, 6) is 0.372. The number of hydrogen-bond acceptors (Lipinski definition) is 2. The summed E-state index contributed by atoms with van der Waals surface area (Å²) >= 11 is 0. The molecule has 1 aliphatic heterocycles. The highest BCUT2D eigenvalue weighted by molar-refractivity contribution is 5.26. The topological polar surface area (TPSA) is 16.1 Å². The second-order valence-corrected chi connectivity index (χ2v) is 7.75. The van der Waals surface area contributed by atoms with Crippen molar-refractivity contribution in [3.05, 3.63) is 101 Å². The van der Waals surface area contributed by atoms with Gasteiger partial charge in [0.05, 0.1) is 0 Å². The molecule has 4 rings (SSSR count). The average Bonchev–Trinajstić information content (AvgIpc) is 2.74. The van der Waals surface area contributed by atoms with Gasteiger partial charge in [-0.1, -0.05) is 48.5 Å². The summed E-state index contributed by atoms with van der Waals surface area (Å²) in [5.41, 5.74) is 4.74. The molecule has 2 heterocycles. The first-order chi connectivity index (χ1) is 13.8. The molecule has 2 aromatic carbocycles. The molecular weight excluding hydrogens is 347 g/mol. The van der Waals surface area contributed by atoms with Gasteiger partial charge in [0, 0.05) is 24.4 Å². The van der Waals surface area contributed by atoms with Gasteiger partial charge in [0.25, 0.3) is 0 Å². The number of likely N-dealkylation sites (tertiary alicyclic amines) is 1. The van der Waals surface area contributed by atoms with Crippen molar-refractivity contribution in [3.63, 3.8) is 0 Å². The van der Waals surface area contributed by atoms with E-state index >= 15 is 0 Å². The highest BCUT2D eigenvalue weighted by atomic mass is 19.1. The zero-order valence-electron chi connectivity index (χ0n) is 16.2. The minimum atomic E-state index is -0.180. The van der Waals surface area contributed by atoms with Gasteiger partial charge in [0.2, 0.25) is 0 Å². The Morgan fingerprint density at radius 2 is 1.64 bits per heavy atom. The van der Waals surface area contributed by atoms with Gasteiger partial charge in [-0.15, -0.1) is 0 Å². The van der Waals surface area contributed by atoms with Gasteiger partial charge in [0.1, 0.15) is 5.82 Å². The maximum atomic E-state index is 13.3. The Labute approximate surface area is 167 Å². The second-order valence-electron chi connectivity index (χ2n) is 7.75. The third-order valence-electron chi connectivity index (χ3n) is 5.71. The number of pyridine rings is 1. The zero-order valence-corrected chi connectivity index (χ0v) is 16.2. The Morgan fingerprint density at radius 1 is 0.857 bits per heavy atom. The largest absolute Gasteiger partial charge is 0.303 e. The fraction of sp³-hybridized carbons (Fsp3) is 0.320. The Balaban J connectivity index is 1.27. The SMILES string of the molecule is Fc1cccc(Cc2ccc(C3CCN(CCc4ccccc4)CC3)nc2)c1. The predicted molar refractivity (Wildman–Crippen MR) is 112 cm³/mol. The van der Waals surface area contributed by atoms with Crippen molar-refractivity contribution < 1.29 is 4.39 Å². The minimum Gasteiger partial charge on any atom is -0.303 e. The average molecular weight is 375 g/mol. The number of nitrogens with zero attached hydrogens (tertiary/aromatic N) is 2. The summed E-state index contributed by atoms with van der Waals surface area (Å²) in [4.78, 5) is 7.30. The van der Waals surface area contributed by atoms with E-state index in [1.54, 1.807) is 12.1 Å². The van der Waals surface area contributed by atoms with E-state index in [1.165, 1.54) is 30.2 Å².